The van der Waals surface area contributed by atoms with Crippen LogP contribution >= 0.6 is 0 Å². The maximum absolute atomic E-state index is 13.1. The van der Waals surface area contributed by atoms with Crippen LogP contribution in [0.2, 0.25) is 0 Å². The molecule has 0 bridgehead atoms. The van der Waals surface area contributed by atoms with Crippen molar-refractivity contribution in [1.29, 1.82) is 0 Å². The minimum absolute atomic E-state index is 0.0340. The van der Waals surface area contributed by atoms with Gasteiger partial charge in [0.25, 0.3) is 5.91 Å². The highest BCUT2D eigenvalue weighted by Gasteiger charge is 2.45. The lowest BCUT2D eigenvalue weighted by Crippen LogP contribution is -2.45. The van der Waals surface area contributed by atoms with Gasteiger partial charge in [0.05, 0.1) is 0 Å². The van der Waals surface area contributed by atoms with Crippen molar-refractivity contribution in [2.45, 2.75) is 31.3 Å². The summed E-state index contributed by atoms with van der Waals surface area (Å²) in [5.41, 5.74) is 9.44. The van der Waals surface area contributed by atoms with Crippen LogP contribution in [0.25, 0.3) is 0 Å². The normalized spacial score (nSPS) is 33.4. The molecule has 3 aliphatic heterocycles. The van der Waals surface area contributed by atoms with Crippen molar-refractivity contribution in [2.75, 3.05) is 32.8 Å². The number of ether oxygens (including phenoxy) is 1. The average Bonchev–Trinajstić information content (AvgIpc) is 3.46. The lowest BCUT2D eigenvalue weighted by Gasteiger charge is -2.32. The summed E-state index contributed by atoms with van der Waals surface area (Å²) >= 11 is 0. The Morgan fingerprint density at radius 2 is 1.62 bits per heavy atom. The molecular weight excluding hydrogens is 370 g/mol. The Morgan fingerprint density at radius 1 is 0.931 bits per heavy atom. The number of likely N-dealkylation sites (tertiary alicyclic amines) is 2. The second-order valence-corrected chi connectivity index (χ2v) is 8.80. The first-order chi connectivity index (χ1) is 14.2. The SMILES string of the molecule is O=C(COc1ccccc1)N1C[C@@H]2CN(C(=O)C3CCC4NNNC4C3)C[C@H]2C1. The summed E-state index contributed by atoms with van der Waals surface area (Å²) in [4.78, 5) is 29.5. The van der Waals surface area contributed by atoms with Gasteiger partial charge in [0.2, 0.25) is 5.91 Å². The minimum Gasteiger partial charge on any atom is -0.484 e. The molecule has 8 heteroatoms. The van der Waals surface area contributed by atoms with Crippen LogP contribution < -0.4 is 21.1 Å². The van der Waals surface area contributed by atoms with E-state index < -0.39 is 0 Å². The molecule has 1 aliphatic carbocycles. The molecule has 5 rings (SSSR count). The van der Waals surface area contributed by atoms with Gasteiger partial charge in [-0.15, -0.1) is 0 Å². The first kappa shape index (κ1) is 18.8. The van der Waals surface area contributed by atoms with E-state index in [1.54, 1.807) is 0 Å². The van der Waals surface area contributed by atoms with E-state index in [0.29, 0.717) is 35.6 Å². The maximum atomic E-state index is 13.1. The van der Waals surface area contributed by atoms with Crippen LogP contribution in [0, 0.1) is 17.8 Å². The standard InChI is InChI=1S/C21H29N5O3/c27-20(13-29-17-4-2-1-3-5-17)25-9-15-11-26(12-16(15)10-25)21(28)14-6-7-18-19(8-14)23-24-22-18/h1-5,14-16,18-19,22-24H,6-13H2/t14?,15-,16-,18?,19?/m1/s1. The van der Waals surface area contributed by atoms with E-state index in [-0.39, 0.29) is 18.4 Å². The van der Waals surface area contributed by atoms with Gasteiger partial charge in [0.1, 0.15) is 5.75 Å². The van der Waals surface area contributed by atoms with Crippen LogP contribution in [-0.4, -0.2) is 66.5 Å². The Morgan fingerprint density at radius 3 is 2.38 bits per heavy atom. The Bertz CT molecular complexity index is 746. The summed E-state index contributed by atoms with van der Waals surface area (Å²) in [5, 5.41) is 0. The van der Waals surface area contributed by atoms with Gasteiger partial charge in [0.15, 0.2) is 6.61 Å². The molecule has 0 spiro atoms. The number of fused-ring (bicyclic) bond motifs is 2. The molecule has 1 saturated carbocycles. The fourth-order valence-electron chi connectivity index (χ4n) is 5.34. The Hall–Kier alpha value is -2.16. The minimum atomic E-state index is 0.0340. The van der Waals surface area contributed by atoms with Gasteiger partial charge in [-0.05, 0) is 31.4 Å². The second-order valence-electron chi connectivity index (χ2n) is 8.80. The molecule has 1 aromatic carbocycles. The van der Waals surface area contributed by atoms with Crippen LogP contribution in [0.3, 0.4) is 0 Å². The van der Waals surface area contributed by atoms with E-state index >= 15 is 0 Å². The molecular formula is C21H29N5O3. The zero-order chi connectivity index (χ0) is 19.8. The molecule has 4 fully saturated rings. The number of nitrogens with zero attached hydrogens (tertiary/aromatic N) is 2. The monoisotopic (exact) mass is 399 g/mol. The molecule has 29 heavy (non-hydrogen) atoms. The van der Waals surface area contributed by atoms with Crippen LogP contribution in [0.4, 0.5) is 0 Å². The average molecular weight is 399 g/mol. The Balaban J connectivity index is 1.10. The summed E-state index contributed by atoms with van der Waals surface area (Å²) in [5.74, 6) is 1.95. The van der Waals surface area contributed by atoms with E-state index in [1.165, 1.54) is 0 Å². The van der Waals surface area contributed by atoms with Crippen molar-refractivity contribution in [2.24, 2.45) is 17.8 Å². The number of rotatable bonds is 4. The molecule has 0 aromatic heterocycles. The number of hydrogen-bond acceptors (Lipinski definition) is 6. The molecule has 2 amide bonds. The Kier molecular flexibility index (Phi) is 5.15. The van der Waals surface area contributed by atoms with Crippen molar-refractivity contribution >= 4 is 11.8 Å². The summed E-state index contributed by atoms with van der Waals surface area (Å²) in [6.45, 7) is 3.10. The van der Waals surface area contributed by atoms with Gasteiger partial charge in [-0.25, -0.2) is 10.9 Å². The van der Waals surface area contributed by atoms with Crippen molar-refractivity contribution in [3.05, 3.63) is 30.3 Å². The number of hydrogen-bond donors (Lipinski definition) is 3. The third kappa shape index (κ3) is 3.84. The van der Waals surface area contributed by atoms with Gasteiger partial charge in [-0.2, -0.15) is 5.53 Å². The fraction of sp³-hybridized carbons (Fsp3) is 0.619. The van der Waals surface area contributed by atoms with Crippen molar-refractivity contribution < 1.29 is 14.3 Å². The number of amides is 2. The number of carbonyl (C=O) groups excluding carboxylic acids is 2. The van der Waals surface area contributed by atoms with Gasteiger partial charge < -0.3 is 14.5 Å². The van der Waals surface area contributed by atoms with E-state index in [1.807, 2.05) is 35.2 Å². The highest BCUT2D eigenvalue weighted by atomic mass is 16.5. The number of hydrazine groups is 2. The molecule has 3 N–H and O–H groups in total. The van der Waals surface area contributed by atoms with Crippen LogP contribution in [0.5, 0.6) is 5.75 Å². The van der Waals surface area contributed by atoms with Crippen molar-refractivity contribution in [3.63, 3.8) is 0 Å². The highest BCUT2D eigenvalue weighted by molar-refractivity contribution is 5.80. The molecule has 0 radical (unpaired) electrons. The zero-order valence-corrected chi connectivity index (χ0v) is 16.5. The van der Waals surface area contributed by atoms with E-state index in [9.17, 15) is 9.59 Å². The fourth-order valence-corrected chi connectivity index (χ4v) is 5.34. The molecule has 3 saturated heterocycles. The lowest BCUT2D eigenvalue weighted by molar-refractivity contribution is -0.136. The lowest BCUT2D eigenvalue weighted by atomic mass is 9.82. The van der Waals surface area contributed by atoms with E-state index in [0.717, 1.165) is 45.4 Å². The third-order valence-electron chi connectivity index (χ3n) is 6.97. The summed E-state index contributed by atoms with van der Waals surface area (Å²) in [6.07, 6.45) is 2.85. The van der Waals surface area contributed by atoms with Gasteiger partial charge in [-0.3, -0.25) is 9.59 Å². The molecule has 8 nitrogen and oxygen atoms in total. The van der Waals surface area contributed by atoms with Gasteiger partial charge >= 0.3 is 0 Å². The molecule has 3 unspecified atom stereocenters. The Labute approximate surface area is 170 Å². The first-order valence-electron chi connectivity index (χ1n) is 10.7. The summed E-state index contributed by atoms with van der Waals surface area (Å²) in [7, 11) is 0. The van der Waals surface area contributed by atoms with Crippen LogP contribution in [0.15, 0.2) is 30.3 Å². The number of benzene rings is 1. The zero-order valence-electron chi connectivity index (χ0n) is 16.5. The highest BCUT2D eigenvalue weighted by Crippen LogP contribution is 2.34. The first-order valence-corrected chi connectivity index (χ1v) is 10.7. The second kappa shape index (κ2) is 7.93. The number of carbonyl (C=O) groups is 2. The van der Waals surface area contributed by atoms with Gasteiger partial charge in [-0.1, -0.05) is 18.2 Å². The van der Waals surface area contributed by atoms with Crippen molar-refractivity contribution in [3.8, 4) is 5.75 Å². The van der Waals surface area contributed by atoms with E-state index in [4.69, 9.17) is 4.74 Å². The summed E-state index contributed by atoms with van der Waals surface area (Å²) < 4.78 is 5.60. The van der Waals surface area contributed by atoms with Gasteiger partial charge in [0, 0.05) is 56.0 Å². The molecule has 1 aromatic rings. The predicted molar refractivity (Wildman–Crippen MR) is 106 cm³/mol. The molecule has 4 aliphatic rings. The summed E-state index contributed by atoms with van der Waals surface area (Å²) in [6, 6.07) is 10.2. The molecule has 3 heterocycles. The smallest absolute Gasteiger partial charge is 0.260 e. The van der Waals surface area contributed by atoms with E-state index in [2.05, 4.69) is 21.3 Å². The largest absolute Gasteiger partial charge is 0.484 e. The molecule has 156 valence electrons. The number of nitrogens with one attached hydrogen (secondary N) is 3. The predicted octanol–water partition coefficient (Wildman–Crippen LogP) is 0.132. The third-order valence-corrected chi connectivity index (χ3v) is 6.97. The number of para-hydroxylation sites is 1. The van der Waals surface area contributed by atoms with Crippen LogP contribution in [0.1, 0.15) is 19.3 Å². The molecule has 5 atom stereocenters. The van der Waals surface area contributed by atoms with Crippen LogP contribution in [-0.2, 0) is 9.59 Å². The van der Waals surface area contributed by atoms with Crippen molar-refractivity contribution in [1.82, 2.24) is 26.2 Å². The topological polar surface area (TPSA) is 85.9 Å². The maximum Gasteiger partial charge on any atom is 0.260 e. The quantitative estimate of drug-likeness (QED) is 0.668.